The van der Waals surface area contributed by atoms with Gasteiger partial charge in [-0.3, -0.25) is 4.79 Å². The van der Waals surface area contributed by atoms with Crippen LogP contribution in [0, 0.1) is 11.8 Å². The van der Waals surface area contributed by atoms with Crippen molar-refractivity contribution in [1.29, 1.82) is 0 Å². The summed E-state index contributed by atoms with van der Waals surface area (Å²) in [6.07, 6.45) is 13.4. The molecule has 2 rings (SSSR count). The molecule has 2 unspecified atom stereocenters. The van der Waals surface area contributed by atoms with Crippen LogP contribution in [0.3, 0.4) is 0 Å². The van der Waals surface area contributed by atoms with E-state index >= 15 is 0 Å². The van der Waals surface area contributed by atoms with Gasteiger partial charge in [-0.25, -0.2) is 0 Å². The summed E-state index contributed by atoms with van der Waals surface area (Å²) >= 11 is 6.01. The minimum Gasteiger partial charge on any atom is -0.353 e. The lowest BCUT2D eigenvalue weighted by atomic mass is 9.85. The Hall–Kier alpha value is -0.240. The quantitative estimate of drug-likeness (QED) is 0.751. The topological polar surface area (TPSA) is 29.1 Å². The zero-order chi connectivity index (χ0) is 13.5. The van der Waals surface area contributed by atoms with Crippen LogP contribution in [0.25, 0.3) is 0 Å². The van der Waals surface area contributed by atoms with Gasteiger partial charge in [0.2, 0.25) is 5.91 Å². The average Bonchev–Trinajstić information content (AvgIpc) is 2.47. The molecule has 2 saturated carbocycles. The third-order valence-electron chi connectivity index (χ3n) is 4.96. The third-order valence-corrected chi connectivity index (χ3v) is 5.35. The first kappa shape index (κ1) is 15.2. The van der Waals surface area contributed by atoms with E-state index < -0.39 is 0 Å². The predicted molar refractivity (Wildman–Crippen MR) is 80.4 cm³/mol. The van der Waals surface area contributed by atoms with Crippen LogP contribution in [0.4, 0.5) is 0 Å². The van der Waals surface area contributed by atoms with Gasteiger partial charge in [0.1, 0.15) is 0 Å². The second kappa shape index (κ2) is 8.14. The largest absolute Gasteiger partial charge is 0.353 e. The molecule has 2 nitrogen and oxygen atoms in total. The van der Waals surface area contributed by atoms with Crippen LogP contribution in [-0.4, -0.2) is 17.8 Å². The lowest BCUT2D eigenvalue weighted by Crippen LogP contribution is -2.42. The van der Waals surface area contributed by atoms with Crippen molar-refractivity contribution in [3.63, 3.8) is 0 Å². The average molecular weight is 286 g/mol. The monoisotopic (exact) mass is 285 g/mol. The van der Waals surface area contributed by atoms with E-state index in [1.54, 1.807) is 0 Å². The van der Waals surface area contributed by atoms with Crippen molar-refractivity contribution in [3.8, 4) is 0 Å². The molecule has 0 aromatic carbocycles. The molecule has 0 aliphatic heterocycles. The molecule has 3 heteroatoms. The molecule has 0 heterocycles. The highest BCUT2D eigenvalue weighted by Gasteiger charge is 2.25. The van der Waals surface area contributed by atoms with E-state index in [-0.39, 0.29) is 5.91 Å². The van der Waals surface area contributed by atoms with Crippen LogP contribution < -0.4 is 5.32 Å². The van der Waals surface area contributed by atoms with E-state index in [1.165, 1.54) is 51.4 Å². The zero-order valence-electron chi connectivity index (χ0n) is 12.0. The van der Waals surface area contributed by atoms with Crippen LogP contribution in [-0.2, 0) is 4.79 Å². The van der Waals surface area contributed by atoms with Crippen LogP contribution in [0.2, 0.25) is 0 Å². The number of hydrogen-bond donors (Lipinski definition) is 1. The van der Waals surface area contributed by atoms with Crippen molar-refractivity contribution >= 4 is 17.5 Å². The number of amides is 1. The van der Waals surface area contributed by atoms with E-state index in [1.807, 2.05) is 0 Å². The molecule has 0 aromatic rings. The standard InChI is InChI=1S/C16H28ClNO/c17-12-14-8-4-5-9-15(14)18-16(19)11-10-13-6-2-1-3-7-13/h13-15H,1-12H2,(H,18,19). The van der Waals surface area contributed by atoms with E-state index in [4.69, 9.17) is 11.6 Å². The van der Waals surface area contributed by atoms with Gasteiger partial charge in [-0.15, -0.1) is 11.6 Å². The second-order valence-corrected chi connectivity index (χ2v) is 6.72. The normalized spacial score (nSPS) is 29.1. The molecule has 0 aromatic heterocycles. The maximum absolute atomic E-state index is 12.1. The van der Waals surface area contributed by atoms with Gasteiger partial charge in [0.15, 0.2) is 0 Å². The fourth-order valence-electron chi connectivity index (χ4n) is 3.67. The van der Waals surface area contributed by atoms with Crippen molar-refractivity contribution < 1.29 is 4.79 Å². The Labute approximate surface area is 122 Å². The smallest absolute Gasteiger partial charge is 0.220 e. The first-order chi connectivity index (χ1) is 9.29. The van der Waals surface area contributed by atoms with Crippen molar-refractivity contribution in [3.05, 3.63) is 0 Å². The Kier molecular flexibility index (Phi) is 6.49. The summed E-state index contributed by atoms with van der Waals surface area (Å²) < 4.78 is 0. The summed E-state index contributed by atoms with van der Waals surface area (Å²) in [5.74, 6) is 2.24. The van der Waals surface area contributed by atoms with Gasteiger partial charge in [-0.1, -0.05) is 44.9 Å². The van der Waals surface area contributed by atoms with Gasteiger partial charge in [0.05, 0.1) is 0 Å². The highest BCUT2D eigenvalue weighted by atomic mass is 35.5. The Morgan fingerprint density at radius 3 is 2.42 bits per heavy atom. The number of nitrogens with one attached hydrogen (secondary N) is 1. The molecule has 2 fully saturated rings. The third kappa shape index (κ3) is 4.98. The lowest BCUT2D eigenvalue weighted by Gasteiger charge is -2.31. The molecule has 0 spiro atoms. The highest BCUT2D eigenvalue weighted by Crippen LogP contribution is 2.28. The zero-order valence-corrected chi connectivity index (χ0v) is 12.8. The minimum absolute atomic E-state index is 0.257. The number of rotatable bonds is 5. The molecule has 2 atom stereocenters. The SMILES string of the molecule is O=C(CCC1CCCCC1)NC1CCCCC1CCl. The van der Waals surface area contributed by atoms with Gasteiger partial charge in [-0.2, -0.15) is 0 Å². The Bertz CT molecular complexity index is 276. The van der Waals surface area contributed by atoms with Crippen LogP contribution in [0.15, 0.2) is 0 Å². The van der Waals surface area contributed by atoms with Gasteiger partial charge in [0.25, 0.3) is 0 Å². The first-order valence-corrected chi connectivity index (χ1v) is 8.68. The Balaban J connectivity index is 1.67. The summed E-state index contributed by atoms with van der Waals surface area (Å²) in [7, 11) is 0. The Morgan fingerprint density at radius 1 is 1.00 bits per heavy atom. The van der Waals surface area contributed by atoms with Crippen molar-refractivity contribution in [2.75, 3.05) is 5.88 Å². The van der Waals surface area contributed by atoms with Gasteiger partial charge in [-0.05, 0) is 31.1 Å². The highest BCUT2D eigenvalue weighted by molar-refractivity contribution is 6.18. The number of alkyl halides is 1. The summed E-state index contributed by atoms with van der Waals surface area (Å²) in [6, 6.07) is 0.338. The summed E-state index contributed by atoms with van der Waals surface area (Å²) in [6.45, 7) is 0. The molecule has 0 saturated heterocycles. The number of carbonyl (C=O) groups excluding carboxylic acids is 1. The molecule has 0 bridgehead atoms. The molecule has 2 aliphatic carbocycles. The van der Waals surface area contributed by atoms with E-state index in [9.17, 15) is 4.79 Å². The molecular weight excluding hydrogens is 258 g/mol. The maximum Gasteiger partial charge on any atom is 0.220 e. The maximum atomic E-state index is 12.1. The van der Waals surface area contributed by atoms with E-state index in [2.05, 4.69) is 5.32 Å². The second-order valence-electron chi connectivity index (χ2n) is 6.42. The fraction of sp³-hybridized carbons (Fsp3) is 0.938. The molecular formula is C16H28ClNO. The molecule has 110 valence electrons. The number of halogens is 1. The molecule has 19 heavy (non-hydrogen) atoms. The van der Waals surface area contributed by atoms with Crippen molar-refractivity contribution in [2.24, 2.45) is 11.8 Å². The minimum atomic E-state index is 0.257. The van der Waals surface area contributed by atoms with Gasteiger partial charge in [0, 0.05) is 18.3 Å². The van der Waals surface area contributed by atoms with Gasteiger partial charge < -0.3 is 5.32 Å². The van der Waals surface area contributed by atoms with Gasteiger partial charge >= 0.3 is 0 Å². The fourth-order valence-corrected chi connectivity index (χ4v) is 4.04. The van der Waals surface area contributed by atoms with Crippen molar-refractivity contribution in [2.45, 2.75) is 76.7 Å². The number of hydrogen-bond acceptors (Lipinski definition) is 1. The number of carbonyl (C=O) groups is 1. The van der Waals surface area contributed by atoms with E-state index in [0.717, 1.165) is 25.2 Å². The molecule has 0 radical (unpaired) electrons. The predicted octanol–water partition coefficient (Wildman–Crippen LogP) is 4.26. The van der Waals surface area contributed by atoms with Crippen LogP contribution >= 0.6 is 11.6 Å². The lowest BCUT2D eigenvalue weighted by molar-refractivity contribution is -0.122. The molecule has 2 aliphatic rings. The van der Waals surface area contributed by atoms with Crippen LogP contribution in [0.5, 0.6) is 0 Å². The van der Waals surface area contributed by atoms with Crippen LogP contribution in [0.1, 0.15) is 70.6 Å². The summed E-state index contributed by atoms with van der Waals surface area (Å²) in [4.78, 5) is 12.1. The summed E-state index contributed by atoms with van der Waals surface area (Å²) in [5, 5.41) is 3.24. The van der Waals surface area contributed by atoms with E-state index in [0.29, 0.717) is 17.8 Å². The Morgan fingerprint density at radius 2 is 1.68 bits per heavy atom. The molecule has 1 N–H and O–H groups in total. The summed E-state index contributed by atoms with van der Waals surface area (Å²) in [5.41, 5.74) is 0. The van der Waals surface area contributed by atoms with Crippen molar-refractivity contribution in [1.82, 2.24) is 5.32 Å². The first-order valence-electron chi connectivity index (χ1n) is 8.15. The molecule has 1 amide bonds.